The summed E-state index contributed by atoms with van der Waals surface area (Å²) in [7, 11) is 0. The van der Waals surface area contributed by atoms with E-state index >= 15 is 0 Å². The second kappa shape index (κ2) is 2.12. The fraction of sp³-hybridized carbons (Fsp3) is 1.00. The molecule has 4 fully saturated rings. The average Bonchev–Trinajstić information content (AvgIpc) is 2.68. The summed E-state index contributed by atoms with van der Waals surface area (Å²) >= 11 is 0. The van der Waals surface area contributed by atoms with Gasteiger partial charge in [0.25, 0.3) is 0 Å². The number of hydrogen-bond acceptors (Lipinski definition) is 2. The third-order valence-corrected chi connectivity index (χ3v) is 4.88. The van der Waals surface area contributed by atoms with Gasteiger partial charge in [-0.05, 0) is 37.5 Å². The van der Waals surface area contributed by atoms with Crippen LogP contribution >= 0.6 is 0 Å². The van der Waals surface area contributed by atoms with Gasteiger partial charge in [0, 0.05) is 11.8 Å². The first-order valence-electron chi connectivity index (χ1n) is 5.68. The summed E-state index contributed by atoms with van der Waals surface area (Å²) in [5, 5.41) is 0. The molecule has 13 heavy (non-hydrogen) atoms. The van der Waals surface area contributed by atoms with E-state index in [0.29, 0.717) is 0 Å². The lowest BCUT2D eigenvalue weighted by atomic mass is 9.59. The molecule has 0 aromatic rings. The van der Waals surface area contributed by atoms with Gasteiger partial charge in [-0.15, -0.1) is 0 Å². The Morgan fingerprint density at radius 3 is 2.62 bits per heavy atom. The van der Waals surface area contributed by atoms with Gasteiger partial charge in [0.15, 0.2) is 5.79 Å². The highest BCUT2D eigenvalue weighted by Crippen LogP contribution is 2.67. The normalized spacial score (nSPS) is 55.4. The number of fused-ring (bicyclic) bond motifs is 3. The van der Waals surface area contributed by atoms with Crippen LogP contribution in [0.4, 0.5) is 0 Å². The van der Waals surface area contributed by atoms with Gasteiger partial charge in [0.05, 0.1) is 13.2 Å². The average molecular weight is 180 g/mol. The van der Waals surface area contributed by atoms with Crippen LogP contribution in [-0.4, -0.2) is 19.0 Å². The molecule has 72 valence electrons. The SMILES string of the molecule is C1COC2(O1)[C@@H]1C[C@H]3CC[C@H]2[C@H]1C3. The smallest absolute Gasteiger partial charge is 0.174 e. The quantitative estimate of drug-likeness (QED) is 0.566. The molecule has 0 radical (unpaired) electrons. The van der Waals surface area contributed by atoms with Crippen molar-refractivity contribution in [1.82, 2.24) is 0 Å². The van der Waals surface area contributed by atoms with Crippen LogP contribution in [-0.2, 0) is 9.47 Å². The second-order valence-corrected chi connectivity index (χ2v) is 5.21. The molecule has 1 saturated heterocycles. The van der Waals surface area contributed by atoms with E-state index in [9.17, 15) is 0 Å². The van der Waals surface area contributed by atoms with Crippen LogP contribution in [0.1, 0.15) is 25.7 Å². The first-order valence-corrected chi connectivity index (χ1v) is 5.68. The Morgan fingerprint density at radius 2 is 1.77 bits per heavy atom. The summed E-state index contributed by atoms with van der Waals surface area (Å²) in [5.74, 6) is 3.44. The molecular formula is C11H16O2. The van der Waals surface area contributed by atoms with Gasteiger partial charge in [-0.25, -0.2) is 0 Å². The molecule has 4 atom stereocenters. The molecule has 3 aliphatic carbocycles. The maximum Gasteiger partial charge on any atom is 0.174 e. The van der Waals surface area contributed by atoms with Gasteiger partial charge in [-0.1, -0.05) is 0 Å². The minimum atomic E-state index is -0.0735. The van der Waals surface area contributed by atoms with Gasteiger partial charge in [-0.2, -0.15) is 0 Å². The summed E-state index contributed by atoms with van der Waals surface area (Å²) < 4.78 is 11.8. The van der Waals surface area contributed by atoms with Crippen molar-refractivity contribution in [2.24, 2.45) is 23.7 Å². The molecule has 4 rings (SSSR count). The Morgan fingerprint density at radius 1 is 0.923 bits per heavy atom. The highest BCUT2D eigenvalue weighted by molar-refractivity contribution is 5.13. The molecule has 0 amide bonds. The minimum Gasteiger partial charge on any atom is -0.347 e. The Kier molecular flexibility index (Phi) is 1.18. The number of rotatable bonds is 0. The summed E-state index contributed by atoms with van der Waals surface area (Å²) in [6.07, 6.45) is 5.67. The number of ether oxygens (including phenoxy) is 2. The van der Waals surface area contributed by atoms with Crippen molar-refractivity contribution in [1.29, 1.82) is 0 Å². The number of hydrogen-bond donors (Lipinski definition) is 0. The van der Waals surface area contributed by atoms with Gasteiger partial charge >= 0.3 is 0 Å². The van der Waals surface area contributed by atoms with E-state index in [-0.39, 0.29) is 5.79 Å². The highest BCUT2D eigenvalue weighted by Gasteiger charge is 2.69. The molecule has 0 aromatic carbocycles. The molecule has 0 aromatic heterocycles. The molecular weight excluding hydrogens is 164 g/mol. The van der Waals surface area contributed by atoms with Crippen molar-refractivity contribution in [3.63, 3.8) is 0 Å². The van der Waals surface area contributed by atoms with Crippen molar-refractivity contribution in [2.45, 2.75) is 31.5 Å². The van der Waals surface area contributed by atoms with E-state index in [0.717, 1.165) is 36.9 Å². The van der Waals surface area contributed by atoms with Crippen LogP contribution in [0.2, 0.25) is 0 Å². The predicted molar refractivity (Wildman–Crippen MR) is 47.1 cm³/mol. The van der Waals surface area contributed by atoms with E-state index < -0.39 is 0 Å². The van der Waals surface area contributed by atoms with E-state index in [1.807, 2.05) is 0 Å². The standard InChI is InChI=1S/C11H16O2/c1-2-9-8-5-7(1)6-10(8)11(9)12-3-4-13-11/h7-10H,1-6H2/t7-,8+,9-,10+/m0/s1. The lowest BCUT2D eigenvalue weighted by molar-refractivity contribution is -0.312. The zero-order chi connectivity index (χ0) is 8.47. The van der Waals surface area contributed by atoms with Crippen LogP contribution < -0.4 is 0 Å². The van der Waals surface area contributed by atoms with Crippen LogP contribution in [0.25, 0.3) is 0 Å². The van der Waals surface area contributed by atoms with Crippen molar-refractivity contribution in [2.75, 3.05) is 13.2 Å². The molecule has 2 nitrogen and oxygen atoms in total. The van der Waals surface area contributed by atoms with Crippen molar-refractivity contribution in [3.05, 3.63) is 0 Å². The fourth-order valence-electron chi connectivity index (χ4n) is 4.48. The molecule has 1 spiro atoms. The van der Waals surface area contributed by atoms with Crippen molar-refractivity contribution >= 4 is 0 Å². The fourth-order valence-corrected chi connectivity index (χ4v) is 4.48. The molecule has 4 aliphatic rings. The van der Waals surface area contributed by atoms with E-state index in [2.05, 4.69) is 0 Å². The predicted octanol–water partition coefficient (Wildman–Crippen LogP) is 1.80. The summed E-state index contributed by atoms with van der Waals surface area (Å²) in [5.41, 5.74) is 0. The summed E-state index contributed by atoms with van der Waals surface area (Å²) in [4.78, 5) is 0. The van der Waals surface area contributed by atoms with E-state index in [1.165, 1.54) is 25.7 Å². The van der Waals surface area contributed by atoms with Crippen LogP contribution in [0.3, 0.4) is 0 Å². The zero-order valence-corrected chi connectivity index (χ0v) is 7.87. The third kappa shape index (κ3) is 0.668. The maximum atomic E-state index is 5.90. The molecule has 2 heteroatoms. The second-order valence-electron chi connectivity index (χ2n) is 5.21. The van der Waals surface area contributed by atoms with Gasteiger partial charge < -0.3 is 9.47 Å². The largest absolute Gasteiger partial charge is 0.347 e. The molecule has 3 saturated carbocycles. The molecule has 2 bridgehead atoms. The Hall–Kier alpha value is -0.0800. The Bertz CT molecular complexity index is 236. The molecule has 0 N–H and O–H groups in total. The Labute approximate surface area is 78.6 Å². The lowest BCUT2D eigenvalue weighted by Crippen LogP contribution is -2.61. The monoisotopic (exact) mass is 180 g/mol. The summed E-state index contributed by atoms with van der Waals surface area (Å²) in [6.45, 7) is 1.68. The van der Waals surface area contributed by atoms with E-state index in [1.54, 1.807) is 0 Å². The first kappa shape index (κ1) is 7.24. The van der Waals surface area contributed by atoms with Gasteiger partial charge in [-0.3, -0.25) is 0 Å². The Balaban J connectivity index is 1.74. The maximum absolute atomic E-state index is 5.90. The van der Waals surface area contributed by atoms with Crippen molar-refractivity contribution < 1.29 is 9.47 Å². The molecule has 0 unspecified atom stereocenters. The van der Waals surface area contributed by atoms with Crippen molar-refractivity contribution in [3.8, 4) is 0 Å². The minimum absolute atomic E-state index is 0.0735. The van der Waals surface area contributed by atoms with Crippen LogP contribution in [0, 0.1) is 23.7 Å². The lowest BCUT2D eigenvalue weighted by Gasteiger charge is -2.55. The molecule has 1 aliphatic heterocycles. The highest BCUT2D eigenvalue weighted by atomic mass is 16.7. The van der Waals surface area contributed by atoms with Gasteiger partial charge in [0.2, 0.25) is 0 Å². The van der Waals surface area contributed by atoms with Crippen LogP contribution in [0.15, 0.2) is 0 Å². The zero-order valence-electron chi connectivity index (χ0n) is 7.87. The summed E-state index contributed by atoms with van der Waals surface area (Å²) in [6, 6.07) is 0. The van der Waals surface area contributed by atoms with E-state index in [4.69, 9.17) is 9.47 Å². The topological polar surface area (TPSA) is 18.5 Å². The first-order chi connectivity index (χ1) is 6.40. The van der Waals surface area contributed by atoms with Crippen LogP contribution in [0.5, 0.6) is 0 Å². The molecule has 1 heterocycles. The van der Waals surface area contributed by atoms with Gasteiger partial charge in [0.1, 0.15) is 0 Å². The third-order valence-electron chi connectivity index (χ3n) is 4.88.